The maximum atomic E-state index is 5.94. The molecule has 0 aliphatic carbocycles. The van der Waals surface area contributed by atoms with Crippen LogP contribution in [0.2, 0.25) is 0 Å². The Hall–Kier alpha value is -3.59. The average molecular weight is 335 g/mol. The molecule has 0 radical (unpaired) electrons. The zero-order chi connectivity index (χ0) is 17.1. The highest BCUT2D eigenvalue weighted by Gasteiger charge is 2.11. The van der Waals surface area contributed by atoms with E-state index in [4.69, 9.17) is 8.83 Å². The predicted molar refractivity (Wildman–Crippen MR) is 104 cm³/mol. The van der Waals surface area contributed by atoms with E-state index in [-0.39, 0.29) is 0 Å². The lowest BCUT2D eigenvalue weighted by atomic mass is 10.0. The van der Waals surface area contributed by atoms with Gasteiger partial charge >= 0.3 is 0 Å². The summed E-state index contributed by atoms with van der Waals surface area (Å²) in [5.41, 5.74) is 5.85. The fraction of sp³-hybridized carbons (Fsp3) is 0. The maximum absolute atomic E-state index is 5.94. The van der Waals surface area contributed by atoms with Gasteiger partial charge in [0.15, 0.2) is 5.58 Å². The summed E-state index contributed by atoms with van der Waals surface area (Å²) in [5, 5.41) is 4.48. The molecule has 0 aliphatic rings. The largest absolute Gasteiger partial charge is 0.456 e. The van der Waals surface area contributed by atoms with Gasteiger partial charge in [-0.15, -0.1) is 0 Å². The van der Waals surface area contributed by atoms with Crippen molar-refractivity contribution in [3.05, 3.63) is 79.1 Å². The molecule has 3 heterocycles. The van der Waals surface area contributed by atoms with Gasteiger partial charge in [0.1, 0.15) is 16.7 Å². The third-order valence-electron chi connectivity index (χ3n) is 4.98. The number of hydrogen-bond donors (Lipinski definition) is 0. The third kappa shape index (κ3) is 1.85. The lowest BCUT2D eigenvalue weighted by molar-refractivity contribution is 0.667. The fourth-order valence-corrected chi connectivity index (χ4v) is 3.72. The zero-order valence-electron chi connectivity index (χ0n) is 13.8. The van der Waals surface area contributed by atoms with Gasteiger partial charge in [0.2, 0.25) is 0 Å². The number of benzene rings is 3. The summed E-state index contributed by atoms with van der Waals surface area (Å²) < 4.78 is 11.8. The lowest BCUT2D eigenvalue weighted by Crippen LogP contribution is -1.78. The molecular weight excluding hydrogens is 322 g/mol. The number of furan rings is 2. The predicted octanol–water partition coefficient (Wildman–Crippen LogP) is 6.55. The van der Waals surface area contributed by atoms with E-state index in [0.717, 1.165) is 55.0 Å². The van der Waals surface area contributed by atoms with Crippen molar-refractivity contribution in [1.29, 1.82) is 0 Å². The highest BCUT2D eigenvalue weighted by Crippen LogP contribution is 2.35. The van der Waals surface area contributed by atoms with Crippen LogP contribution in [0.3, 0.4) is 0 Å². The minimum absolute atomic E-state index is 0.816. The van der Waals surface area contributed by atoms with Crippen LogP contribution < -0.4 is 0 Å². The van der Waals surface area contributed by atoms with Gasteiger partial charge in [0.05, 0.1) is 6.20 Å². The molecule has 0 bridgehead atoms. The number of rotatable bonds is 1. The van der Waals surface area contributed by atoms with Crippen LogP contribution in [-0.2, 0) is 0 Å². The molecule has 0 fully saturated rings. The molecule has 3 nitrogen and oxygen atoms in total. The molecule has 6 aromatic rings. The summed E-state index contributed by atoms with van der Waals surface area (Å²) in [7, 11) is 0. The molecule has 0 amide bonds. The number of hydrogen-bond acceptors (Lipinski definition) is 3. The molecule has 0 aliphatic heterocycles. The minimum atomic E-state index is 0.816. The van der Waals surface area contributed by atoms with Crippen molar-refractivity contribution in [3.63, 3.8) is 0 Å². The molecule has 0 saturated heterocycles. The van der Waals surface area contributed by atoms with Crippen molar-refractivity contribution < 1.29 is 8.83 Å². The van der Waals surface area contributed by atoms with E-state index in [1.165, 1.54) is 0 Å². The quantitative estimate of drug-likeness (QED) is 0.342. The second-order valence-corrected chi connectivity index (χ2v) is 6.49. The van der Waals surface area contributed by atoms with Crippen LogP contribution in [0, 0.1) is 0 Å². The Bertz CT molecular complexity index is 1330. The topological polar surface area (TPSA) is 39.2 Å². The first kappa shape index (κ1) is 13.7. The van der Waals surface area contributed by atoms with Crippen LogP contribution in [0.1, 0.15) is 0 Å². The molecule has 0 saturated carbocycles. The molecule has 3 aromatic heterocycles. The van der Waals surface area contributed by atoms with E-state index >= 15 is 0 Å². The normalized spacial score (nSPS) is 11.8. The van der Waals surface area contributed by atoms with Crippen LogP contribution in [0.5, 0.6) is 0 Å². The minimum Gasteiger partial charge on any atom is -0.456 e. The van der Waals surface area contributed by atoms with E-state index in [2.05, 4.69) is 35.3 Å². The highest BCUT2D eigenvalue weighted by molar-refractivity contribution is 6.08. The van der Waals surface area contributed by atoms with Crippen molar-refractivity contribution in [1.82, 2.24) is 4.98 Å². The van der Waals surface area contributed by atoms with Gasteiger partial charge in [-0.2, -0.15) is 0 Å². The van der Waals surface area contributed by atoms with Gasteiger partial charge in [-0.1, -0.05) is 30.3 Å². The van der Waals surface area contributed by atoms with E-state index in [9.17, 15) is 0 Å². The zero-order valence-corrected chi connectivity index (χ0v) is 13.8. The molecule has 122 valence electrons. The van der Waals surface area contributed by atoms with Crippen molar-refractivity contribution >= 4 is 43.9 Å². The van der Waals surface area contributed by atoms with Gasteiger partial charge in [0, 0.05) is 27.7 Å². The maximum Gasteiger partial charge on any atom is 0.153 e. The molecule has 26 heavy (non-hydrogen) atoms. The standard InChI is InChI=1S/C23H13NO2/c1-2-4-20-16(3-1)18-11-14(5-7-21(18)25-20)15-6-8-22-19(12-15)17-9-10-24-13-23(17)26-22/h1-13H. The first-order chi connectivity index (χ1) is 12.9. The molecule has 6 rings (SSSR count). The van der Waals surface area contributed by atoms with Gasteiger partial charge < -0.3 is 8.83 Å². The van der Waals surface area contributed by atoms with Crippen LogP contribution in [0.4, 0.5) is 0 Å². The van der Waals surface area contributed by atoms with Crippen molar-refractivity contribution in [3.8, 4) is 11.1 Å². The summed E-state index contributed by atoms with van der Waals surface area (Å²) in [6.45, 7) is 0. The van der Waals surface area contributed by atoms with Crippen LogP contribution in [0.15, 0.2) is 88.0 Å². The SMILES string of the molecule is c1ccc2c(c1)oc1ccc(-c3ccc4oc5cnccc5c4c3)cc12. The average Bonchev–Trinajstić information content (AvgIpc) is 3.25. The second-order valence-electron chi connectivity index (χ2n) is 6.49. The molecule has 3 aromatic carbocycles. The first-order valence-electron chi connectivity index (χ1n) is 8.55. The molecule has 0 unspecified atom stereocenters. The Labute approximate surface area is 148 Å². The molecular formula is C23H13NO2. The van der Waals surface area contributed by atoms with E-state index < -0.39 is 0 Å². The van der Waals surface area contributed by atoms with Crippen LogP contribution in [0.25, 0.3) is 55.0 Å². The summed E-state index contributed by atoms with van der Waals surface area (Å²) in [4.78, 5) is 4.14. The Morgan fingerprint density at radius 3 is 1.92 bits per heavy atom. The van der Waals surface area contributed by atoms with Crippen molar-refractivity contribution in [2.75, 3.05) is 0 Å². The number of nitrogens with zero attached hydrogens (tertiary/aromatic N) is 1. The number of para-hydroxylation sites is 1. The van der Waals surface area contributed by atoms with Crippen LogP contribution in [-0.4, -0.2) is 4.98 Å². The number of aromatic nitrogens is 1. The first-order valence-corrected chi connectivity index (χ1v) is 8.55. The number of fused-ring (bicyclic) bond motifs is 6. The lowest BCUT2D eigenvalue weighted by Gasteiger charge is -2.02. The van der Waals surface area contributed by atoms with Gasteiger partial charge in [0.25, 0.3) is 0 Å². The molecule has 0 N–H and O–H groups in total. The third-order valence-corrected chi connectivity index (χ3v) is 4.98. The van der Waals surface area contributed by atoms with Crippen molar-refractivity contribution in [2.45, 2.75) is 0 Å². The molecule has 0 atom stereocenters. The van der Waals surface area contributed by atoms with Gasteiger partial charge in [-0.05, 0) is 47.5 Å². The smallest absolute Gasteiger partial charge is 0.153 e. The van der Waals surface area contributed by atoms with E-state index in [1.807, 2.05) is 36.4 Å². The Kier molecular flexibility index (Phi) is 2.61. The molecule has 0 spiro atoms. The second kappa shape index (κ2) is 4.96. The Balaban J connectivity index is 1.61. The summed E-state index contributed by atoms with van der Waals surface area (Å²) in [6, 6.07) is 22.8. The monoisotopic (exact) mass is 335 g/mol. The summed E-state index contributed by atoms with van der Waals surface area (Å²) in [5.74, 6) is 0. The van der Waals surface area contributed by atoms with Gasteiger partial charge in [-0.25, -0.2) is 0 Å². The number of pyridine rings is 1. The Morgan fingerprint density at radius 1 is 0.538 bits per heavy atom. The highest BCUT2D eigenvalue weighted by atomic mass is 16.3. The van der Waals surface area contributed by atoms with Crippen molar-refractivity contribution in [2.24, 2.45) is 0 Å². The van der Waals surface area contributed by atoms with E-state index in [1.54, 1.807) is 12.4 Å². The summed E-state index contributed by atoms with van der Waals surface area (Å²) in [6.07, 6.45) is 3.56. The van der Waals surface area contributed by atoms with Gasteiger partial charge in [-0.3, -0.25) is 4.98 Å². The summed E-state index contributed by atoms with van der Waals surface area (Å²) >= 11 is 0. The molecule has 3 heteroatoms. The fourth-order valence-electron chi connectivity index (χ4n) is 3.72. The van der Waals surface area contributed by atoms with Crippen LogP contribution >= 0.6 is 0 Å². The Morgan fingerprint density at radius 2 is 1.15 bits per heavy atom. The van der Waals surface area contributed by atoms with E-state index in [0.29, 0.717) is 0 Å².